The van der Waals surface area contributed by atoms with Crippen LogP contribution in [0.2, 0.25) is 0 Å². The molecule has 3 rings (SSSR count). The molecular formula is C17H20Cl2FN3O. The third kappa shape index (κ3) is 4.60. The first-order chi connectivity index (χ1) is 10.6. The van der Waals surface area contributed by atoms with Gasteiger partial charge >= 0.3 is 0 Å². The molecule has 0 amide bonds. The van der Waals surface area contributed by atoms with E-state index in [4.69, 9.17) is 10.5 Å². The normalized spacial score (nSPS) is 15.2. The van der Waals surface area contributed by atoms with Gasteiger partial charge in [-0.3, -0.25) is 0 Å². The fourth-order valence-electron chi connectivity index (χ4n) is 2.32. The summed E-state index contributed by atoms with van der Waals surface area (Å²) in [7, 11) is 0. The molecule has 1 atom stereocenters. The molecule has 7 heteroatoms. The van der Waals surface area contributed by atoms with Gasteiger partial charge in [0.25, 0.3) is 0 Å². The van der Waals surface area contributed by atoms with Crippen LogP contribution in [-0.4, -0.2) is 11.9 Å². The first-order valence-electron chi connectivity index (χ1n) is 7.21. The van der Waals surface area contributed by atoms with Crippen molar-refractivity contribution in [3.63, 3.8) is 0 Å². The number of halogens is 3. The maximum absolute atomic E-state index is 13.5. The van der Waals surface area contributed by atoms with Gasteiger partial charge in [0, 0.05) is 18.7 Å². The summed E-state index contributed by atoms with van der Waals surface area (Å²) < 4.78 is 19.2. The molecular weight excluding hydrogens is 352 g/mol. The second-order valence-electron chi connectivity index (χ2n) is 5.29. The fourth-order valence-corrected chi connectivity index (χ4v) is 2.32. The van der Waals surface area contributed by atoms with Gasteiger partial charge in [0.05, 0.1) is 0 Å². The number of benzene rings is 2. The smallest absolute Gasteiger partial charge is 0.153 e. The van der Waals surface area contributed by atoms with Gasteiger partial charge in [0.1, 0.15) is 23.1 Å². The Labute approximate surface area is 153 Å². The summed E-state index contributed by atoms with van der Waals surface area (Å²) >= 11 is 0. The van der Waals surface area contributed by atoms with Crippen LogP contribution in [0.1, 0.15) is 18.1 Å². The van der Waals surface area contributed by atoms with Gasteiger partial charge < -0.3 is 15.8 Å². The van der Waals surface area contributed by atoms with Crippen molar-refractivity contribution in [2.75, 3.05) is 0 Å². The van der Waals surface area contributed by atoms with Crippen molar-refractivity contribution >= 4 is 36.3 Å². The molecule has 1 heterocycles. The Bertz CT molecular complexity index is 725. The van der Waals surface area contributed by atoms with Crippen LogP contribution in [0.4, 0.5) is 10.1 Å². The third-order valence-corrected chi connectivity index (χ3v) is 3.60. The Hall–Kier alpha value is -1.82. The monoisotopic (exact) mass is 371 g/mol. The average molecular weight is 372 g/mol. The van der Waals surface area contributed by atoms with E-state index in [1.807, 2.05) is 31.2 Å². The summed E-state index contributed by atoms with van der Waals surface area (Å²) in [6.45, 7) is 2.96. The minimum absolute atomic E-state index is 0. The van der Waals surface area contributed by atoms with Gasteiger partial charge in [0.15, 0.2) is 6.10 Å². The number of nitrogens with two attached hydrogens (primary N) is 1. The summed E-state index contributed by atoms with van der Waals surface area (Å²) in [5, 5.41) is 3.23. The molecule has 2 aromatic rings. The highest BCUT2D eigenvalue weighted by molar-refractivity contribution is 5.89. The molecule has 0 saturated carbocycles. The summed E-state index contributed by atoms with van der Waals surface area (Å²) in [6.07, 6.45) is -0.197. The van der Waals surface area contributed by atoms with Gasteiger partial charge in [0.2, 0.25) is 0 Å². The second kappa shape index (κ2) is 8.87. The Kier molecular flexibility index (Phi) is 7.48. The number of amidine groups is 1. The largest absolute Gasteiger partial charge is 0.481 e. The minimum Gasteiger partial charge on any atom is -0.481 e. The third-order valence-electron chi connectivity index (χ3n) is 3.60. The van der Waals surface area contributed by atoms with Crippen molar-refractivity contribution in [3.8, 4) is 5.75 Å². The topological polar surface area (TPSA) is 59.6 Å². The molecule has 0 saturated heterocycles. The summed E-state index contributed by atoms with van der Waals surface area (Å²) in [5.74, 6) is 1.02. The Morgan fingerprint density at radius 2 is 1.92 bits per heavy atom. The zero-order valence-corrected chi connectivity index (χ0v) is 14.8. The number of rotatable bonds is 4. The molecule has 130 valence electrons. The molecule has 0 bridgehead atoms. The maximum Gasteiger partial charge on any atom is 0.153 e. The average Bonchev–Trinajstić information content (AvgIpc) is 2.50. The molecule has 0 radical (unpaired) electrons. The van der Waals surface area contributed by atoms with Crippen LogP contribution < -0.4 is 15.8 Å². The van der Waals surface area contributed by atoms with E-state index in [0.29, 0.717) is 24.5 Å². The lowest BCUT2D eigenvalue weighted by Crippen LogP contribution is -2.33. The van der Waals surface area contributed by atoms with E-state index < -0.39 is 0 Å². The zero-order chi connectivity index (χ0) is 15.5. The van der Waals surface area contributed by atoms with E-state index in [-0.39, 0.29) is 36.7 Å². The number of hydrogen-bond acceptors (Lipinski definition) is 4. The van der Waals surface area contributed by atoms with Crippen molar-refractivity contribution in [3.05, 3.63) is 59.4 Å². The first-order valence-corrected chi connectivity index (χ1v) is 7.21. The van der Waals surface area contributed by atoms with Crippen molar-refractivity contribution in [1.82, 2.24) is 5.32 Å². The Morgan fingerprint density at radius 3 is 2.67 bits per heavy atom. The van der Waals surface area contributed by atoms with E-state index in [0.717, 1.165) is 17.0 Å². The van der Waals surface area contributed by atoms with E-state index in [9.17, 15) is 4.39 Å². The maximum atomic E-state index is 13.5. The van der Waals surface area contributed by atoms with Crippen molar-refractivity contribution in [1.29, 1.82) is 0 Å². The van der Waals surface area contributed by atoms with Crippen LogP contribution in [-0.2, 0) is 13.1 Å². The first kappa shape index (κ1) is 20.2. The lowest BCUT2D eigenvalue weighted by atomic mass is 10.1. The van der Waals surface area contributed by atoms with Gasteiger partial charge in [-0.1, -0.05) is 24.3 Å². The number of hydrogen-bond donors (Lipinski definition) is 2. The van der Waals surface area contributed by atoms with Gasteiger partial charge in [-0.25, -0.2) is 9.38 Å². The molecule has 0 aliphatic carbocycles. The molecule has 3 N–H and O–H groups in total. The van der Waals surface area contributed by atoms with Crippen molar-refractivity contribution in [2.45, 2.75) is 26.1 Å². The van der Waals surface area contributed by atoms with Gasteiger partial charge in [-0.2, -0.15) is 0 Å². The highest BCUT2D eigenvalue weighted by Gasteiger charge is 2.18. The molecule has 2 aromatic carbocycles. The van der Waals surface area contributed by atoms with E-state index in [2.05, 4.69) is 10.3 Å². The molecule has 1 unspecified atom stereocenters. The standard InChI is InChI=1S/C17H18FN3O.2ClH/c1-11-17(19)21-15-8-12(6-7-16(15)22-11)9-20-10-13-4-2-3-5-14(13)18;;/h2-8,11,20H,9-10H2,1H3,(H2,19,21);2*1H. The van der Waals surface area contributed by atoms with E-state index >= 15 is 0 Å². The van der Waals surface area contributed by atoms with E-state index in [1.54, 1.807) is 12.1 Å². The van der Waals surface area contributed by atoms with Gasteiger partial charge in [-0.05, 0) is 30.7 Å². The molecule has 0 spiro atoms. The predicted octanol–water partition coefficient (Wildman–Crippen LogP) is 3.73. The zero-order valence-electron chi connectivity index (χ0n) is 13.2. The number of nitrogens with one attached hydrogen (secondary N) is 1. The summed E-state index contributed by atoms with van der Waals surface area (Å²) in [5.41, 5.74) is 8.24. The SMILES string of the molecule is CC1Oc2ccc(CNCc3ccccc3F)cc2N=C1N.Cl.Cl. The molecule has 0 fully saturated rings. The molecule has 24 heavy (non-hydrogen) atoms. The van der Waals surface area contributed by atoms with E-state index in [1.165, 1.54) is 6.07 Å². The number of fused-ring (bicyclic) bond motifs is 1. The van der Waals surface area contributed by atoms with Crippen molar-refractivity contribution < 1.29 is 9.13 Å². The Balaban J connectivity index is 0.00000144. The lowest BCUT2D eigenvalue weighted by molar-refractivity contribution is 0.281. The van der Waals surface area contributed by atoms with Crippen LogP contribution in [0, 0.1) is 5.82 Å². The predicted molar refractivity (Wildman–Crippen MR) is 99.3 cm³/mol. The van der Waals surface area contributed by atoms with Crippen LogP contribution in [0.3, 0.4) is 0 Å². The van der Waals surface area contributed by atoms with Crippen LogP contribution in [0.5, 0.6) is 5.75 Å². The molecule has 4 nitrogen and oxygen atoms in total. The lowest BCUT2D eigenvalue weighted by Gasteiger charge is -2.21. The summed E-state index contributed by atoms with van der Waals surface area (Å²) in [6, 6.07) is 12.5. The van der Waals surface area contributed by atoms with Crippen LogP contribution in [0.15, 0.2) is 47.5 Å². The number of ether oxygens (including phenoxy) is 1. The highest BCUT2D eigenvalue weighted by Crippen LogP contribution is 2.32. The van der Waals surface area contributed by atoms with Crippen LogP contribution in [0.25, 0.3) is 0 Å². The van der Waals surface area contributed by atoms with Crippen LogP contribution >= 0.6 is 24.8 Å². The second-order valence-corrected chi connectivity index (χ2v) is 5.29. The molecule has 1 aliphatic heterocycles. The number of aliphatic imine (C=N–C) groups is 1. The fraction of sp³-hybridized carbons (Fsp3) is 0.235. The van der Waals surface area contributed by atoms with Crippen molar-refractivity contribution in [2.24, 2.45) is 10.7 Å². The molecule has 0 aromatic heterocycles. The highest BCUT2D eigenvalue weighted by atomic mass is 35.5. The van der Waals surface area contributed by atoms with Gasteiger partial charge in [-0.15, -0.1) is 24.8 Å². The quantitative estimate of drug-likeness (QED) is 0.860. The summed E-state index contributed by atoms with van der Waals surface area (Å²) in [4.78, 5) is 4.35. The Morgan fingerprint density at radius 1 is 1.17 bits per heavy atom. The minimum atomic E-state index is -0.197. The molecule has 1 aliphatic rings. The number of nitrogens with zero attached hydrogens (tertiary/aromatic N) is 1.